The van der Waals surface area contributed by atoms with Gasteiger partial charge in [-0.25, -0.2) is 0 Å². The monoisotopic (exact) mass is 201 g/mol. The zero-order valence-electron chi connectivity index (χ0n) is 8.69. The predicted octanol–water partition coefficient (Wildman–Crippen LogP) is 1.65. The van der Waals surface area contributed by atoms with Crippen LogP contribution >= 0.6 is 0 Å². The Labute approximate surface area is 89.1 Å². The fourth-order valence-corrected chi connectivity index (χ4v) is 2.29. The van der Waals surface area contributed by atoms with Gasteiger partial charge in [0.15, 0.2) is 0 Å². The van der Waals surface area contributed by atoms with Crippen molar-refractivity contribution in [2.45, 2.75) is 13.0 Å². The second-order valence-electron chi connectivity index (χ2n) is 4.24. The van der Waals surface area contributed by atoms with Crippen LogP contribution in [0.2, 0.25) is 0 Å². The van der Waals surface area contributed by atoms with Gasteiger partial charge in [0.1, 0.15) is 0 Å². The van der Waals surface area contributed by atoms with Gasteiger partial charge in [-0.3, -0.25) is 4.68 Å². The van der Waals surface area contributed by atoms with Crippen LogP contribution < -0.4 is 5.32 Å². The molecule has 3 nitrogen and oxygen atoms in total. The van der Waals surface area contributed by atoms with Crippen molar-refractivity contribution in [3.63, 3.8) is 0 Å². The lowest BCUT2D eigenvalue weighted by molar-refractivity contribution is 0.459. The van der Waals surface area contributed by atoms with Crippen molar-refractivity contribution in [3.8, 4) is 0 Å². The minimum atomic E-state index is 0.744. The molecule has 1 aromatic carbocycles. The highest BCUT2D eigenvalue weighted by Gasteiger charge is 2.15. The summed E-state index contributed by atoms with van der Waals surface area (Å²) in [5.74, 6) is 0.744. The maximum absolute atomic E-state index is 4.45. The van der Waals surface area contributed by atoms with Crippen molar-refractivity contribution in [1.82, 2.24) is 15.1 Å². The van der Waals surface area contributed by atoms with Crippen LogP contribution in [0.5, 0.6) is 0 Å². The van der Waals surface area contributed by atoms with E-state index >= 15 is 0 Å². The Morgan fingerprint density at radius 3 is 3.20 bits per heavy atom. The number of fused-ring (bicyclic) bond motifs is 1. The number of nitrogens with zero attached hydrogens (tertiary/aromatic N) is 2. The summed E-state index contributed by atoms with van der Waals surface area (Å²) >= 11 is 0. The third-order valence-electron chi connectivity index (χ3n) is 3.14. The first-order valence-corrected chi connectivity index (χ1v) is 5.55. The van der Waals surface area contributed by atoms with E-state index in [2.05, 4.69) is 39.4 Å². The van der Waals surface area contributed by atoms with Crippen LogP contribution in [-0.2, 0) is 6.54 Å². The Kier molecular flexibility index (Phi) is 2.18. The van der Waals surface area contributed by atoms with E-state index in [-0.39, 0.29) is 0 Å². The van der Waals surface area contributed by atoms with Crippen LogP contribution in [0.15, 0.2) is 30.5 Å². The molecule has 1 fully saturated rings. The molecule has 78 valence electrons. The van der Waals surface area contributed by atoms with E-state index in [1.165, 1.54) is 17.3 Å². The number of aromatic nitrogens is 2. The SMILES string of the molecule is c1ccc2c(c1)cnn2CC1CCNC1. The fourth-order valence-electron chi connectivity index (χ4n) is 2.29. The molecule has 1 unspecified atom stereocenters. The normalized spacial score (nSPS) is 21.2. The van der Waals surface area contributed by atoms with Gasteiger partial charge in [0.05, 0.1) is 11.7 Å². The molecule has 15 heavy (non-hydrogen) atoms. The minimum absolute atomic E-state index is 0.744. The molecule has 1 aromatic heterocycles. The van der Waals surface area contributed by atoms with Crippen molar-refractivity contribution in [3.05, 3.63) is 30.5 Å². The summed E-state index contributed by atoms with van der Waals surface area (Å²) in [5.41, 5.74) is 1.25. The van der Waals surface area contributed by atoms with Crippen LogP contribution in [0.1, 0.15) is 6.42 Å². The van der Waals surface area contributed by atoms with Crippen LogP contribution in [-0.4, -0.2) is 22.9 Å². The second-order valence-corrected chi connectivity index (χ2v) is 4.24. The molecular formula is C12H15N3. The molecule has 2 heterocycles. The lowest BCUT2D eigenvalue weighted by atomic mass is 10.1. The van der Waals surface area contributed by atoms with Crippen LogP contribution in [0, 0.1) is 5.92 Å². The molecular weight excluding hydrogens is 186 g/mol. The van der Waals surface area contributed by atoms with Crippen molar-refractivity contribution in [2.24, 2.45) is 5.92 Å². The highest BCUT2D eigenvalue weighted by atomic mass is 15.3. The topological polar surface area (TPSA) is 29.9 Å². The fraction of sp³-hybridized carbons (Fsp3) is 0.417. The Balaban J connectivity index is 1.90. The molecule has 0 spiro atoms. The van der Waals surface area contributed by atoms with Gasteiger partial charge < -0.3 is 5.32 Å². The molecule has 0 radical (unpaired) electrons. The van der Waals surface area contributed by atoms with Gasteiger partial charge in [0.25, 0.3) is 0 Å². The molecule has 0 bridgehead atoms. The highest BCUT2D eigenvalue weighted by molar-refractivity contribution is 5.78. The van der Waals surface area contributed by atoms with E-state index in [0.29, 0.717) is 0 Å². The third kappa shape index (κ3) is 1.63. The second kappa shape index (κ2) is 3.66. The number of benzene rings is 1. The first-order chi connectivity index (χ1) is 7.43. The van der Waals surface area contributed by atoms with Gasteiger partial charge in [-0.2, -0.15) is 5.10 Å². The van der Waals surface area contributed by atoms with Gasteiger partial charge in [-0.15, -0.1) is 0 Å². The van der Waals surface area contributed by atoms with E-state index in [1.807, 2.05) is 6.20 Å². The summed E-state index contributed by atoms with van der Waals surface area (Å²) in [6.07, 6.45) is 3.23. The standard InChI is InChI=1S/C12H15N3/c1-2-4-12-11(3-1)8-14-15(12)9-10-5-6-13-7-10/h1-4,8,10,13H,5-7,9H2. The first kappa shape index (κ1) is 8.92. The number of hydrogen-bond acceptors (Lipinski definition) is 2. The number of rotatable bonds is 2. The van der Waals surface area contributed by atoms with Gasteiger partial charge in [0.2, 0.25) is 0 Å². The molecule has 1 aliphatic rings. The molecule has 0 amide bonds. The predicted molar refractivity (Wildman–Crippen MR) is 60.7 cm³/mol. The molecule has 3 rings (SSSR count). The summed E-state index contributed by atoms with van der Waals surface area (Å²) in [5, 5.41) is 9.08. The lowest BCUT2D eigenvalue weighted by Gasteiger charge is -2.09. The summed E-state index contributed by atoms with van der Waals surface area (Å²) in [6.45, 7) is 3.33. The molecule has 3 heteroatoms. The van der Waals surface area contributed by atoms with Crippen molar-refractivity contribution < 1.29 is 0 Å². The Hall–Kier alpha value is -1.35. The maximum atomic E-state index is 4.45. The molecule has 0 saturated carbocycles. The number of para-hydroxylation sites is 1. The van der Waals surface area contributed by atoms with Gasteiger partial charge in [-0.05, 0) is 31.5 Å². The lowest BCUT2D eigenvalue weighted by Crippen LogP contribution is -2.15. The van der Waals surface area contributed by atoms with Gasteiger partial charge in [-0.1, -0.05) is 18.2 Å². The van der Waals surface area contributed by atoms with Crippen molar-refractivity contribution >= 4 is 10.9 Å². The zero-order chi connectivity index (χ0) is 10.1. The average molecular weight is 201 g/mol. The summed E-state index contributed by atoms with van der Waals surface area (Å²) in [7, 11) is 0. The molecule has 0 aliphatic carbocycles. The van der Waals surface area contributed by atoms with Crippen LogP contribution in [0.3, 0.4) is 0 Å². The molecule has 1 aliphatic heterocycles. The smallest absolute Gasteiger partial charge is 0.0682 e. The highest BCUT2D eigenvalue weighted by Crippen LogP contribution is 2.16. The van der Waals surface area contributed by atoms with E-state index in [0.717, 1.165) is 25.6 Å². The van der Waals surface area contributed by atoms with Crippen molar-refractivity contribution in [2.75, 3.05) is 13.1 Å². The summed E-state index contributed by atoms with van der Waals surface area (Å²) in [6, 6.07) is 8.40. The molecule has 1 saturated heterocycles. The quantitative estimate of drug-likeness (QED) is 0.800. The van der Waals surface area contributed by atoms with Gasteiger partial charge >= 0.3 is 0 Å². The van der Waals surface area contributed by atoms with Crippen LogP contribution in [0.4, 0.5) is 0 Å². The van der Waals surface area contributed by atoms with Crippen LogP contribution in [0.25, 0.3) is 10.9 Å². The first-order valence-electron chi connectivity index (χ1n) is 5.55. The Morgan fingerprint density at radius 2 is 2.33 bits per heavy atom. The Morgan fingerprint density at radius 1 is 1.40 bits per heavy atom. The molecule has 1 N–H and O–H groups in total. The Bertz CT molecular complexity index is 455. The molecule has 1 atom stereocenters. The summed E-state index contributed by atoms with van der Waals surface area (Å²) in [4.78, 5) is 0. The van der Waals surface area contributed by atoms with E-state index in [4.69, 9.17) is 0 Å². The average Bonchev–Trinajstić information content (AvgIpc) is 2.89. The third-order valence-corrected chi connectivity index (χ3v) is 3.14. The maximum Gasteiger partial charge on any atom is 0.0682 e. The largest absolute Gasteiger partial charge is 0.316 e. The minimum Gasteiger partial charge on any atom is -0.316 e. The van der Waals surface area contributed by atoms with E-state index < -0.39 is 0 Å². The number of nitrogens with one attached hydrogen (secondary N) is 1. The molecule has 2 aromatic rings. The summed E-state index contributed by atoms with van der Waals surface area (Å²) < 4.78 is 2.13. The van der Waals surface area contributed by atoms with Gasteiger partial charge in [0, 0.05) is 11.9 Å². The zero-order valence-corrected chi connectivity index (χ0v) is 8.69. The van der Waals surface area contributed by atoms with Crippen molar-refractivity contribution in [1.29, 1.82) is 0 Å². The van der Waals surface area contributed by atoms with E-state index in [9.17, 15) is 0 Å². The van der Waals surface area contributed by atoms with E-state index in [1.54, 1.807) is 0 Å². The number of hydrogen-bond donors (Lipinski definition) is 1.